The van der Waals surface area contributed by atoms with Crippen molar-refractivity contribution in [2.75, 3.05) is 6.79 Å². The van der Waals surface area contributed by atoms with E-state index in [9.17, 15) is 9.59 Å². The monoisotopic (exact) mass is 381 g/mol. The van der Waals surface area contributed by atoms with Crippen molar-refractivity contribution in [1.82, 2.24) is 5.32 Å². The number of furan rings is 1. The molecule has 1 aliphatic rings. The number of para-hydroxylation sites is 1. The molecule has 7 nitrogen and oxygen atoms in total. The maximum Gasteiger partial charge on any atom is 0.375 e. The second-order valence-corrected chi connectivity index (χ2v) is 6.51. The molecular formula is C21H19NO6. The van der Waals surface area contributed by atoms with Crippen LogP contribution < -0.4 is 14.8 Å². The molecule has 0 spiro atoms. The van der Waals surface area contributed by atoms with Crippen LogP contribution in [0.1, 0.15) is 28.6 Å². The average molecular weight is 381 g/mol. The fourth-order valence-electron chi connectivity index (χ4n) is 3.02. The molecule has 3 aromatic rings. The molecule has 1 unspecified atom stereocenters. The summed E-state index contributed by atoms with van der Waals surface area (Å²) >= 11 is 0. The summed E-state index contributed by atoms with van der Waals surface area (Å²) < 4.78 is 21.4. The van der Waals surface area contributed by atoms with E-state index in [-0.39, 0.29) is 19.1 Å². The van der Waals surface area contributed by atoms with Gasteiger partial charge in [0.15, 0.2) is 17.6 Å². The Morgan fingerprint density at radius 2 is 1.93 bits per heavy atom. The standard InChI is InChI=1S/C21H19NO6/c1-12-15-5-3-4-6-16(15)28-19(12)21(24)27-13(2)20(23)22-10-14-7-8-17-18(9-14)26-11-25-17/h3-9,13H,10-11H2,1-2H3,(H,22,23). The molecule has 1 aliphatic heterocycles. The Kier molecular flexibility index (Phi) is 4.65. The minimum Gasteiger partial charge on any atom is -0.454 e. The number of amides is 1. The smallest absolute Gasteiger partial charge is 0.375 e. The van der Waals surface area contributed by atoms with Gasteiger partial charge in [-0.3, -0.25) is 4.79 Å². The van der Waals surface area contributed by atoms with Crippen LogP contribution >= 0.6 is 0 Å². The quantitative estimate of drug-likeness (QED) is 0.682. The van der Waals surface area contributed by atoms with E-state index in [4.69, 9.17) is 18.6 Å². The third-order valence-corrected chi connectivity index (χ3v) is 4.59. The van der Waals surface area contributed by atoms with Crippen LogP contribution in [-0.4, -0.2) is 24.8 Å². The van der Waals surface area contributed by atoms with Crippen LogP contribution in [0, 0.1) is 6.92 Å². The number of carbonyl (C=O) groups is 2. The summed E-state index contributed by atoms with van der Waals surface area (Å²) in [6.45, 7) is 3.78. The largest absolute Gasteiger partial charge is 0.454 e. The Bertz CT molecular complexity index is 1050. The molecule has 1 N–H and O–H groups in total. The third kappa shape index (κ3) is 3.38. The number of esters is 1. The Morgan fingerprint density at radius 1 is 1.14 bits per heavy atom. The summed E-state index contributed by atoms with van der Waals surface area (Å²) in [6.07, 6.45) is -0.964. The predicted octanol–water partition coefficient (Wildman–Crippen LogP) is 3.33. The van der Waals surface area contributed by atoms with Crippen LogP contribution in [0.5, 0.6) is 11.5 Å². The van der Waals surface area contributed by atoms with Gasteiger partial charge in [-0.25, -0.2) is 4.79 Å². The lowest BCUT2D eigenvalue weighted by molar-refractivity contribution is -0.129. The van der Waals surface area contributed by atoms with E-state index >= 15 is 0 Å². The molecule has 4 rings (SSSR count). The molecule has 144 valence electrons. The lowest BCUT2D eigenvalue weighted by atomic mass is 10.1. The molecule has 0 fully saturated rings. The fraction of sp³-hybridized carbons (Fsp3) is 0.238. The van der Waals surface area contributed by atoms with Crippen LogP contribution in [0.2, 0.25) is 0 Å². The summed E-state index contributed by atoms with van der Waals surface area (Å²) in [5.74, 6) is 0.362. The van der Waals surface area contributed by atoms with Crippen molar-refractivity contribution in [3.05, 3.63) is 59.4 Å². The van der Waals surface area contributed by atoms with Crippen LogP contribution in [0.3, 0.4) is 0 Å². The summed E-state index contributed by atoms with van der Waals surface area (Å²) in [7, 11) is 0. The van der Waals surface area contributed by atoms with Gasteiger partial charge in [0.1, 0.15) is 5.58 Å². The van der Waals surface area contributed by atoms with Crippen molar-refractivity contribution in [1.29, 1.82) is 0 Å². The Hall–Kier alpha value is -3.48. The van der Waals surface area contributed by atoms with E-state index in [1.807, 2.05) is 24.3 Å². The zero-order valence-electron chi connectivity index (χ0n) is 15.5. The molecule has 0 radical (unpaired) electrons. The molecule has 2 heterocycles. The first-order valence-corrected chi connectivity index (χ1v) is 8.88. The topological polar surface area (TPSA) is 87.0 Å². The maximum absolute atomic E-state index is 12.4. The first-order valence-electron chi connectivity index (χ1n) is 8.88. The fourth-order valence-corrected chi connectivity index (χ4v) is 3.02. The molecule has 7 heteroatoms. The van der Waals surface area contributed by atoms with Crippen molar-refractivity contribution < 1.29 is 28.2 Å². The summed E-state index contributed by atoms with van der Waals surface area (Å²) in [5.41, 5.74) is 2.14. The minimum atomic E-state index is -0.964. The first-order chi connectivity index (χ1) is 13.5. The van der Waals surface area contributed by atoms with Gasteiger partial charge in [-0.05, 0) is 37.6 Å². The Morgan fingerprint density at radius 3 is 2.75 bits per heavy atom. The van der Waals surface area contributed by atoms with Crippen LogP contribution in [0.25, 0.3) is 11.0 Å². The van der Waals surface area contributed by atoms with Gasteiger partial charge in [0.05, 0.1) is 0 Å². The number of hydrogen-bond acceptors (Lipinski definition) is 6. The predicted molar refractivity (Wildman–Crippen MR) is 100 cm³/mol. The second kappa shape index (κ2) is 7.26. The molecule has 28 heavy (non-hydrogen) atoms. The molecule has 2 aromatic carbocycles. The van der Waals surface area contributed by atoms with Gasteiger partial charge in [-0.15, -0.1) is 0 Å². The minimum absolute atomic E-state index is 0.108. The van der Waals surface area contributed by atoms with Crippen molar-refractivity contribution in [2.24, 2.45) is 0 Å². The van der Waals surface area contributed by atoms with Crippen molar-refractivity contribution in [3.63, 3.8) is 0 Å². The number of fused-ring (bicyclic) bond motifs is 2. The summed E-state index contributed by atoms with van der Waals surface area (Å²) in [4.78, 5) is 24.7. The highest BCUT2D eigenvalue weighted by Crippen LogP contribution is 2.32. The average Bonchev–Trinajstić information content (AvgIpc) is 3.30. The van der Waals surface area contributed by atoms with Gasteiger partial charge in [-0.1, -0.05) is 24.3 Å². The van der Waals surface area contributed by atoms with Crippen molar-refractivity contribution in [2.45, 2.75) is 26.5 Å². The molecule has 1 atom stereocenters. The lowest BCUT2D eigenvalue weighted by Crippen LogP contribution is -2.35. The molecule has 0 saturated carbocycles. The van der Waals surface area contributed by atoms with E-state index in [1.165, 1.54) is 6.92 Å². The van der Waals surface area contributed by atoms with E-state index in [2.05, 4.69) is 5.32 Å². The van der Waals surface area contributed by atoms with Gasteiger partial charge in [0.25, 0.3) is 5.91 Å². The molecular weight excluding hydrogens is 362 g/mol. The normalized spacial score (nSPS) is 13.4. The number of rotatable bonds is 5. The number of ether oxygens (including phenoxy) is 3. The molecule has 0 aliphatic carbocycles. The van der Waals surface area contributed by atoms with Gasteiger partial charge >= 0.3 is 5.97 Å². The lowest BCUT2D eigenvalue weighted by Gasteiger charge is -2.13. The maximum atomic E-state index is 12.4. The first kappa shape index (κ1) is 17.9. The van der Waals surface area contributed by atoms with Gasteiger partial charge < -0.3 is 23.9 Å². The van der Waals surface area contributed by atoms with Gasteiger partial charge in [-0.2, -0.15) is 0 Å². The van der Waals surface area contributed by atoms with Gasteiger partial charge in [0.2, 0.25) is 12.6 Å². The number of carbonyl (C=O) groups excluding carboxylic acids is 2. The number of aryl methyl sites for hydroxylation is 1. The summed E-state index contributed by atoms with van der Waals surface area (Å²) in [5, 5.41) is 3.59. The highest BCUT2D eigenvalue weighted by Gasteiger charge is 2.24. The van der Waals surface area contributed by atoms with Crippen LogP contribution in [-0.2, 0) is 16.1 Å². The van der Waals surface area contributed by atoms with E-state index in [0.717, 1.165) is 10.9 Å². The van der Waals surface area contributed by atoms with Crippen molar-refractivity contribution >= 4 is 22.8 Å². The molecule has 1 amide bonds. The molecule has 1 aromatic heterocycles. The van der Waals surface area contributed by atoms with E-state index < -0.39 is 18.0 Å². The highest BCUT2D eigenvalue weighted by molar-refractivity contribution is 5.97. The molecule has 0 saturated heterocycles. The number of benzene rings is 2. The van der Waals surface area contributed by atoms with E-state index in [0.29, 0.717) is 22.6 Å². The highest BCUT2D eigenvalue weighted by atomic mass is 16.7. The molecule has 0 bridgehead atoms. The Balaban J connectivity index is 1.37. The third-order valence-electron chi connectivity index (χ3n) is 4.59. The zero-order chi connectivity index (χ0) is 19.7. The van der Waals surface area contributed by atoms with Gasteiger partial charge in [0, 0.05) is 17.5 Å². The Labute approximate surface area is 161 Å². The SMILES string of the molecule is Cc1c(C(=O)OC(C)C(=O)NCc2ccc3c(c2)OCO3)oc2ccccc12. The zero-order valence-corrected chi connectivity index (χ0v) is 15.5. The number of nitrogens with one attached hydrogen (secondary N) is 1. The summed E-state index contributed by atoms with van der Waals surface area (Å²) in [6, 6.07) is 12.8. The second-order valence-electron chi connectivity index (χ2n) is 6.51. The van der Waals surface area contributed by atoms with Crippen molar-refractivity contribution in [3.8, 4) is 11.5 Å². The number of hydrogen-bond donors (Lipinski definition) is 1. The van der Waals surface area contributed by atoms with E-state index in [1.54, 1.807) is 25.1 Å². The van der Waals surface area contributed by atoms with Crippen LogP contribution in [0.15, 0.2) is 46.9 Å². The van der Waals surface area contributed by atoms with Crippen LogP contribution in [0.4, 0.5) is 0 Å².